The van der Waals surface area contributed by atoms with Crippen molar-refractivity contribution in [2.24, 2.45) is 0 Å². The molecule has 42 heavy (non-hydrogen) atoms. The number of aromatic amines is 1. The van der Waals surface area contributed by atoms with Gasteiger partial charge in [0.05, 0.1) is 11.3 Å². The molecule has 0 atom stereocenters. The first kappa shape index (κ1) is 28.4. The Kier molecular flexibility index (Phi) is 7.54. The summed E-state index contributed by atoms with van der Waals surface area (Å²) in [5, 5.41) is 0. The molecule has 5 heterocycles. The fourth-order valence-electron chi connectivity index (χ4n) is 6.25. The third-order valence-electron chi connectivity index (χ3n) is 8.39. The van der Waals surface area contributed by atoms with Crippen LogP contribution in [0.1, 0.15) is 62.9 Å². The molecule has 0 saturated carbocycles. The van der Waals surface area contributed by atoms with E-state index in [0.29, 0.717) is 42.3 Å². The van der Waals surface area contributed by atoms with E-state index in [9.17, 15) is 22.4 Å². The van der Waals surface area contributed by atoms with Crippen molar-refractivity contribution in [1.82, 2.24) is 34.0 Å². The van der Waals surface area contributed by atoms with Gasteiger partial charge in [0, 0.05) is 49.9 Å². The minimum Gasteiger partial charge on any atom is -0.355 e. The third kappa shape index (κ3) is 5.41. The van der Waals surface area contributed by atoms with E-state index >= 15 is 0 Å². The maximum atomic E-state index is 14.0. The lowest BCUT2D eigenvalue weighted by Crippen LogP contribution is -2.35. The van der Waals surface area contributed by atoms with Crippen LogP contribution in [0.5, 0.6) is 0 Å². The van der Waals surface area contributed by atoms with E-state index in [-0.39, 0.29) is 23.2 Å². The first-order chi connectivity index (χ1) is 20.1. The van der Waals surface area contributed by atoms with Gasteiger partial charge in [0.1, 0.15) is 23.5 Å². The van der Waals surface area contributed by atoms with E-state index in [0.717, 1.165) is 50.4 Å². The summed E-state index contributed by atoms with van der Waals surface area (Å²) in [4.78, 5) is 33.6. The van der Waals surface area contributed by atoms with Crippen LogP contribution in [0.3, 0.4) is 0 Å². The van der Waals surface area contributed by atoms with Gasteiger partial charge in [-0.3, -0.25) is 9.55 Å². The Morgan fingerprint density at radius 1 is 1.05 bits per heavy atom. The minimum atomic E-state index is -4.79. The van der Waals surface area contributed by atoms with E-state index in [1.54, 1.807) is 10.8 Å². The normalized spacial score (nSPS) is 17.3. The molecule has 3 aromatic heterocycles. The van der Waals surface area contributed by atoms with Gasteiger partial charge in [0.2, 0.25) is 0 Å². The van der Waals surface area contributed by atoms with Gasteiger partial charge in [-0.05, 0) is 70.8 Å². The summed E-state index contributed by atoms with van der Waals surface area (Å²) < 4.78 is 58.1. The van der Waals surface area contributed by atoms with Crippen LogP contribution in [0.15, 0.2) is 35.5 Å². The number of anilines is 1. The van der Waals surface area contributed by atoms with E-state index in [1.807, 2.05) is 13.8 Å². The third-order valence-corrected chi connectivity index (χ3v) is 8.39. The van der Waals surface area contributed by atoms with Crippen molar-refractivity contribution in [3.8, 4) is 11.3 Å². The summed E-state index contributed by atoms with van der Waals surface area (Å²) in [5.74, 6) is 0.313. The van der Waals surface area contributed by atoms with Crippen LogP contribution >= 0.6 is 0 Å². The molecule has 6 rings (SSSR count). The Bertz CT molecular complexity index is 1620. The molecular formula is C29H34F4N8O. The molecule has 0 bridgehead atoms. The van der Waals surface area contributed by atoms with Crippen LogP contribution in [0.25, 0.3) is 22.4 Å². The minimum absolute atomic E-state index is 0.0700. The Morgan fingerprint density at radius 3 is 2.48 bits per heavy atom. The van der Waals surface area contributed by atoms with Gasteiger partial charge in [0.15, 0.2) is 11.5 Å². The predicted octanol–water partition coefficient (Wildman–Crippen LogP) is 5.20. The predicted molar refractivity (Wildman–Crippen MR) is 151 cm³/mol. The molecule has 0 spiro atoms. The summed E-state index contributed by atoms with van der Waals surface area (Å²) in [5.41, 5.74) is 0.318. The van der Waals surface area contributed by atoms with Gasteiger partial charge in [-0.2, -0.15) is 13.2 Å². The number of hydrogen-bond donors (Lipinski definition) is 1. The number of likely N-dealkylation sites (tertiary alicyclic amines) is 1. The molecule has 2 fully saturated rings. The van der Waals surface area contributed by atoms with Crippen LogP contribution in [-0.4, -0.2) is 66.7 Å². The number of aromatic nitrogens is 6. The standard InChI is InChI=1S/C29H34F4N8O/c1-18(2)41-24-25(37-28(41)42)34-17-35-27(24)39-11-7-19(8-12-39)26-36-23(16-40(26)14-13-38-9-3-4-10-38)20-5-6-22(30)21(15-20)29(31,32)33/h5-6,15-19H,3-4,7-14H2,1-2H3,(H,34,35,37,42). The van der Waals surface area contributed by atoms with Gasteiger partial charge in [0.25, 0.3) is 0 Å². The number of nitrogens with one attached hydrogen (secondary N) is 1. The highest BCUT2D eigenvalue weighted by atomic mass is 19.4. The first-order valence-electron chi connectivity index (χ1n) is 14.5. The zero-order chi connectivity index (χ0) is 29.6. The highest BCUT2D eigenvalue weighted by Gasteiger charge is 2.35. The van der Waals surface area contributed by atoms with E-state index in [2.05, 4.69) is 29.3 Å². The zero-order valence-electron chi connectivity index (χ0n) is 23.7. The molecule has 1 aromatic carbocycles. The number of alkyl halides is 3. The lowest BCUT2D eigenvalue weighted by Gasteiger charge is -2.33. The molecule has 0 unspecified atom stereocenters. The van der Waals surface area contributed by atoms with Crippen LogP contribution in [0.4, 0.5) is 23.4 Å². The van der Waals surface area contributed by atoms with E-state index in [4.69, 9.17) is 4.98 Å². The lowest BCUT2D eigenvalue weighted by molar-refractivity contribution is -0.139. The summed E-state index contributed by atoms with van der Waals surface area (Å²) in [7, 11) is 0. The van der Waals surface area contributed by atoms with Gasteiger partial charge in [-0.15, -0.1) is 0 Å². The fourth-order valence-corrected chi connectivity index (χ4v) is 6.25. The summed E-state index contributed by atoms with van der Waals surface area (Å²) >= 11 is 0. The second kappa shape index (κ2) is 11.2. The zero-order valence-corrected chi connectivity index (χ0v) is 23.7. The van der Waals surface area contributed by atoms with Crippen LogP contribution < -0.4 is 10.6 Å². The van der Waals surface area contributed by atoms with Crippen LogP contribution in [-0.2, 0) is 12.7 Å². The molecule has 0 amide bonds. The number of halogens is 4. The highest BCUT2D eigenvalue weighted by molar-refractivity contribution is 5.83. The molecule has 4 aromatic rings. The number of hydrogen-bond acceptors (Lipinski definition) is 6. The number of piperidine rings is 1. The van der Waals surface area contributed by atoms with Gasteiger partial charge < -0.3 is 14.4 Å². The summed E-state index contributed by atoms with van der Waals surface area (Å²) in [6, 6.07) is 3.00. The Morgan fingerprint density at radius 2 is 1.79 bits per heavy atom. The van der Waals surface area contributed by atoms with Crippen molar-refractivity contribution >= 4 is 17.0 Å². The number of nitrogens with zero attached hydrogens (tertiary/aromatic N) is 7. The Labute approximate surface area is 240 Å². The van der Waals surface area contributed by atoms with Crippen molar-refractivity contribution < 1.29 is 17.6 Å². The van der Waals surface area contributed by atoms with Gasteiger partial charge in [-0.1, -0.05) is 0 Å². The van der Waals surface area contributed by atoms with Crippen molar-refractivity contribution in [3.05, 3.63) is 58.4 Å². The second-order valence-electron chi connectivity index (χ2n) is 11.5. The molecule has 0 aliphatic carbocycles. The molecule has 1 N–H and O–H groups in total. The molecule has 2 aliphatic heterocycles. The number of H-pyrrole nitrogens is 1. The SMILES string of the molecule is CC(C)n1c(=O)[nH]c2ncnc(N3CCC(c4nc(-c5ccc(F)c(C(F)(F)F)c5)cn4CCN4CCCC4)CC3)c21. The quantitative estimate of drug-likeness (QED) is 0.300. The summed E-state index contributed by atoms with van der Waals surface area (Å²) in [6.07, 6.45) is 2.30. The van der Waals surface area contributed by atoms with Crippen LogP contribution in [0, 0.1) is 5.82 Å². The number of rotatable bonds is 7. The lowest BCUT2D eigenvalue weighted by atomic mass is 9.95. The molecule has 2 aliphatic rings. The average molecular weight is 587 g/mol. The molecule has 224 valence electrons. The monoisotopic (exact) mass is 586 g/mol. The second-order valence-corrected chi connectivity index (χ2v) is 11.5. The average Bonchev–Trinajstić information content (AvgIpc) is 3.69. The largest absolute Gasteiger partial charge is 0.419 e. The summed E-state index contributed by atoms with van der Waals surface area (Å²) in [6.45, 7) is 8.79. The number of imidazole rings is 2. The molecule has 9 nitrogen and oxygen atoms in total. The van der Waals surface area contributed by atoms with Crippen molar-refractivity contribution in [3.63, 3.8) is 0 Å². The van der Waals surface area contributed by atoms with E-state index < -0.39 is 17.6 Å². The maximum Gasteiger partial charge on any atom is 0.419 e. The van der Waals surface area contributed by atoms with Crippen LogP contribution in [0.2, 0.25) is 0 Å². The molecule has 0 radical (unpaired) electrons. The van der Waals surface area contributed by atoms with Crippen molar-refractivity contribution in [1.29, 1.82) is 0 Å². The highest BCUT2D eigenvalue weighted by Crippen LogP contribution is 2.36. The van der Waals surface area contributed by atoms with Gasteiger partial charge in [-0.25, -0.2) is 24.1 Å². The first-order valence-corrected chi connectivity index (χ1v) is 14.5. The molecular weight excluding hydrogens is 552 g/mol. The smallest absolute Gasteiger partial charge is 0.355 e. The molecule has 13 heteroatoms. The van der Waals surface area contributed by atoms with Crippen molar-refractivity contribution in [2.45, 2.75) is 64.2 Å². The Hall–Kier alpha value is -3.74. The molecule has 2 saturated heterocycles. The van der Waals surface area contributed by atoms with Crippen molar-refractivity contribution in [2.75, 3.05) is 37.6 Å². The topological polar surface area (TPSA) is 87.9 Å². The fraction of sp³-hybridized carbons (Fsp3) is 0.517. The number of fused-ring (bicyclic) bond motifs is 1. The maximum absolute atomic E-state index is 14.0. The number of benzene rings is 1. The van der Waals surface area contributed by atoms with Gasteiger partial charge >= 0.3 is 11.9 Å². The van der Waals surface area contributed by atoms with E-state index in [1.165, 1.54) is 25.2 Å². The Balaban J connectivity index is 1.28.